The van der Waals surface area contributed by atoms with Crippen LogP contribution in [0.3, 0.4) is 0 Å². The van der Waals surface area contributed by atoms with Gasteiger partial charge in [-0.05, 0) is 24.9 Å². The maximum atomic E-state index is 12.1. The van der Waals surface area contributed by atoms with Crippen molar-refractivity contribution in [3.8, 4) is 0 Å². The van der Waals surface area contributed by atoms with Gasteiger partial charge in [-0.15, -0.1) is 0 Å². The third-order valence-corrected chi connectivity index (χ3v) is 3.33. The lowest BCUT2D eigenvalue weighted by atomic mass is 9.97. The van der Waals surface area contributed by atoms with E-state index in [0.717, 1.165) is 19.4 Å². The number of carboxylic acid groups (broad SMARTS) is 1. The zero-order chi connectivity index (χ0) is 13.7. The lowest BCUT2D eigenvalue weighted by Gasteiger charge is -2.24. The van der Waals surface area contributed by atoms with E-state index in [0.29, 0.717) is 12.1 Å². The Hall–Kier alpha value is -1.88. The molecule has 0 radical (unpaired) electrons. The van der Waals surface area contributed by atoms with E-state index in [9.17, 15) is 14.7 Å². The van der Waals surface area contributed by atoms with E-state index in [-0.39, 0.29) is 11.8 Å². The Morgan fingerprint density at radius 3 is 2.63 bits per heavy atom. The molecule has 5 heteroatoms. The van der Waals surface area contributed by atoms with Crippen molar-refractivity contribution in [3.63, 3.8) is 0 Å². The quantitative estimate of drug-likeness (QED) is 0.754. The van der Waals surface area contributed by atoms with Crippen LogP contribution in [0.1, 0.15) is 24.4 Å². The van der Waals surface area contributed by atoms with Crippen LogP contribution >= 0.6 is 0 Å². The highest BCUT2D eigenvalue weighted by Gasteiger charge is 2.27. The number of hydrogen-bond acceptors (Lipinski definition) is 3. The van der Waals surface area contributed by atoms with E-state index in [1.807, 2.05) is 6.07 Å². The second kappa shape index (κ2) is 6.33. The number of carbonyl (C=O) groups is 2. The zero-order valence-corrected chi connectivity index (χ0v) is 10.6. The number of piperidine rings is 1. The maximum Gasteiger partial charge on any atom is 0.330 e. The van der Waals surface area contributed by atoms with E-state index in [1.165, 1.54) is 0 Å². The molecule has 1 unspecified atom stereocenters. The average molecular weight is 262 g/mol. The molecule has 19 heavy (non-hydrogen) atoms. The number of benzene rings is 1. The molecule has 0 spiro atoms. The fraction of sp³-hybridized carbons (Fsp3) is 0.429. The van der Waals surface area contributed by atoms with E-state index in [4.69, 9.17) is 0 Å². The Kier molecular flexibility index (Phi) is 4.52. The largest absolute Gasteiger partial charge is 0.479 e. The number of carboxylic acids is 1. The molecule has 0 saturated carbocycles. The Morgan fingerprint density at radius 2 is 2.05 bits per heavy atom. The number of aliphatic carboxylic acids is 1. The van der Waals surface area contributed by atoms with Crippen molar-refractivity contribution in [2.24, 2.45) is 5.92 Å². The second-order valence-corrected chi connectivity index (χ2v) is 4.73. The highest BCUT2D eigenvalue weighted by molar-refractivity contribution is 5.86. The SMILES string of the molecule is O=C(O)C(NC(=O)[C@H]1CCCNC1)c1ccccc1. The third-order valence-electron chi connectivity index (χ3n) is 3.33. The molecule has 0 bridgehead atoms. The lowest BCUT2D eigenvalue weighted by molar-refractivity contribution is -0.142. The molecule has 102 valence electrons. The van der Waals surface area contributed by atoms with Crippen molar-refractivity contribution in [2.45, 2.75) is 18.9 Å². The molecule has 2 rings (SSSR count). The van der Waals surface area contributed by atoms with E-state index >= 15 is 0 Å². The minimum absolute atomic E-state index is 0.140. The summed E-state index contributed by atoms with van der Waals surface area (Å²) in [6.07, 6.45) is 1.75. The number of nitrogens with one attached hydrogen (secondary N) is 2. The summed E-state index contributed by atoms with van der Waals surface area (Å²) in [5.74, 6) is -1.37. The molecule has 1 heterocycles. The molecule has 1 aliphatic rings. The lowest BCUT2D eigenvalue weighted by Crippen LogP contribution is -2.43. The highest BCUT2D eigenvalue weighted by atomic mass is 16.4. The molecule has 5 nitrogen and oxygen atoms in total. The van der Waals surface area contributed by atoms with E-state index in [2.05, 4.69) is 10.6 Å². The van der Waals surface area contributed by atoms with Crippen molar-refractivity contribution in [2.75, 3.05) is 13.1 Å². The summed E-state index contributed by atoms with van der Waals surface area (Å²) in [4.78, 5) is 23.4. The van der Waals surface area contributed by atoms with Crippen LogP contribution < -0.4 is 10.6 Å². The predicted octanol–water partition coefficient (Wildman–Crippen LogP) is 0.928. The second-order valence-electron chi connectivity index (χ2n) is 4.73. The molecule has 1 amide bonds. The molecule has 1 fully saturated rings. The van der Waals surface area contributed by atoms with E-state index < -0.39 is 12.0 Å². The molecule has 1 aromatic rings. The summed E-state index contributed by atoms with van der Waals surface area (Å²) in [7, 11) is 0. The summed E-state index contributed by atoms with van der Waals surface area (Å²) in [6.45, 7) is 1.54. The summed E-state index contributed by atoms with van der Waals surface area (Å²) in [5, 5.41) is 15.0. The standard InChI is InChI=1S/C14H18N2O3/c17-13(11-7-4-8-15-9-11)16-12(14(18)19)10-5-2-1-3-6-10/h1-3,5-6,11-12,15H,4,7-9H2,(H,16,17)(H,18,19)/t11-,12?/m0/s1. The van der Waals surface area contributed by atoms with Crippen molar-refractivity contribution >= 4 is 11.9 Å². The van der Waals surface area contributed by atoms with Crippen LogP contribution in [0.15, 0.2) is 30.3 Å². The summed E-state index contributed by atoms with van der Waals surface area (Å²) in [6, 6.07) is 7.78. The van der Waals surface area contributed by atoms with Crippen LogP contribution in [0, 0.1) is 5.92 Å². The number of rotatable bonds is 4. The molecule has 0 aliphatic carbocycles. The van der Waals surface area contributed by atoms with Crippen LogP contribution in [0.2, 0.25) is 0 Å². The minimum atomic E-state index is -1.04. The first-order valence-electron chi connectivity index (χ1n) is 6.47. The van der Waals surface area contributed by atoms with Gasteiger partial charge >= 0.3 is 5.97 Å². The maximum absolute atomic E-state index is 12.1. The normalized spacial score (nSPS) is 20.5. The van der Waals surface area contributed by atoms with Gasteiger partial charge in [-0.1, -0.05) is 30.3 Å². The zero-order valence-electron chi connectivity index (χ0n) is 10.6. The third kappa shape index (κ3) is 3.54. The van der Waals surface area contributed by atoms with Crippen molar-refractivity contribution in [1.82, 2.24) is 10.6 Å². The molecule has 3 N–H and O–H groups in total. The van der Waals surface area contributed by atoms with Gasteiger partial charge in [0.15, 0.2) is 6.04 Å². The van der Waals surface area contributed by atoms with Gasteiger partial charge in [0, 0.05) is 6.54 Å². The fourth-order valence-electron chi connectivity index (χ4n) is 2.27. The summed E-state index contributed by atoms with van der Waals surface area (Å²) in [5.41, 5.74) is 0.590. The number of hydrogen-bond donors (Lipinski definition) is 3. The molecule has 1 aromatic carbocycles. The van der Waals surface area contributed by atoms with Gasteiger partial charge < -0.3 is 15.7 Å². The summed E-state index contributed by atoms with van der Waals surface area (Å²) >= 11 is 0. The van der Waals surface area contributed by atoms with Gasteiger partial charge in [0.25, 0.3) is 0 Å². The van der Waals surface area contributed by atoms with Crippen molar-refractivity contribution in [3.05, 3.63) is 35.9 Å². The molecule has 0 aromatic heterocycles. The van der Waals surface area contributed by atoms with Crippen LogP contribution in [-0.2, 0) is 9.59 Å². The first-order valence-corrected chi connectivity index (χ1v) is 6.47. The number of carbonyl (C=O) groups excluding carboxylic acids is 1. The smallest absolute Gasteiger partial charge is 0.330 e. The topological polar surface area (TPSA) is 78.4 Å². The molecular formula is C14H18N2O3. The Bertz CT molecular complexity index is 441. The Morgan fingerprint density at radius 1 is 1.32 bits per heavy atom. The van der Waals surface area contributed by atoms with Gasteiger partial charge in [0.1, 0.15) is 0 Å². The van der Waals surface area contributed by atoms with Gasteiger partial charge in [0.05, 0.1) is 5.92 Å². The molecular weight excluding hydrogens is 244 g/mol. The van der Waals surface area contributed by atoms with Gasteiger partial charge in [-0.25, -0.2) is 4.79 Å². The van der Waals surface area contributed by atoms with Crippen LogP contribution in [0.4, 0.5) is 0 Å². The van der Waals surface area contributed by atoms with Crippen LogP contribution in [0.25, 0.3) is 0 Å². The fourth-order valence-corrected chi connectivity index (χ4v) is 2.27. The molecule has 2 atom stereocenters. The predicted molar refractivity (Wildman–Crippen MR) is 70.6 cm³/mol. The molecule has 1 saturated heterocycles. The minimum Gasteiger partial charge on any atom is -0.479 e. The summed E-state index contributed by atoms with van der Waals surface area (Å²) < 4.78 is 0. The van der Waals surface area contributed by atoms with Crippen LogP contribution in [0.5, 0.6) is 0 Å². The monoisotopic (exact) mass is 262 g/mol. The first-order chi connectivity index (χ1) is 9.18. The van der Waals surface area contributed by atoms with Crippen molar-refractivity contribution < 1.29 is 14.7 Å². The average Bonchev–Trinajstić information content (AvgIpc) is 2.46. The van der Waals surface area contributed by atoms with Gasteiger partial charge in [0.2, 0.25) is 5.91 Å². The van der Waals surface area contributed by atoms with Gasteiger partial charge in [-0.2, -0.15) is 0 Å². The van der Waals surface area contributed by atoms with Crippen molar-refractivity contribution in [1.29, 1.82) is 0 Å². The van der Waals surface area contributed by atoms with E-state index in [1.54, 1.807) is 24.3 Å². The Labute approximate surface area is 112 Å². The highest BCUT2D eigenvalue weighted by Crippen LogP contribution is 2.16. The Balaban J connectivity index is 2.04. The van der Waals surface area contributed by atoms with Crippen LogP contribution in [-0.4, -0.2) is 30.1 Å². The number of amides is 1. The first kappa shape index (κ1) is 13.5. The van der Waals surface area contributed by atoms with Gasteiger partial charge in [-0.3, -0.25) is 4.79 Å². The molecule has 1 aliphatic heterocycles.